The summed E-state index contributed by atoms with van der Waals surface area (Å²) in [6, 6.07) is 11.0. The first kappa shape index (κ1) is 16.1. The minimum atomic E-state index is -0.182. The first-order chi connectivity index (χ1) is 10.0. The van der Waals surface area contributed by atoms with Gasteiger partial charge in [-0.2, -0.15) is 0 Å². The third-order valence-corrected chi connectivity index (χ3v) is 4.45. The fraction of sp³-hybridized carbons (Fsp3) is 0.200. The highest BCUT2D eigenvalue weighted by Gasteiger charge is 2.14. The Morgan fingerprint density at radius 3 is 2.48 bits per heavy atom. The lowest BCUT2D eigenvalue weighted by molar-refractivity contribution is -0.115. The molecular formula is C15H14Cl2N2OS. The number of amides is 1. The molecule has 1 aromatic carbocycles. The van der Waals surface area contributed by atoms with Crippen LogP contribution < -0.4 is 5.32 Å². The number of benzene rings is 1. The molecule has 1 atom stereocenters. The summed E-state index contributed by atoms with van der Waals surface area (Å²) in [5.74, 6) is 1.17. The van der Waals surface area contributed by atoms with Gasteiger partial charge in [-0.05, 0) is 36.8 Å². The van der Waals surface area contributed by atoms with E-state index in [2.05, 4.69) is 10.3 Å². The zero-order chi connectivity index (χ0) is 15.2. The fourth-order valence-corrected chi connectivity index (χ4v) is 2.64. The maximum Gasteiger partial charge on any atom is 0.238 e. The van der Waals surface area contributed by atoms with E-state index in [0.717, 1.165) is 11.3 Å². The number of rotatable bonds is 5. The van der Waals surface area contributed by atoms with Gasteiger partial charge in [-0.25, -0.2) is 4.98 Å². The van der Waals surface area contributed by atoms with E-state index in [0.29, 0.717) is 15.9 Å². The summed E-state index contributed by atoms with van der Waals surface area (Å²) >= 11 is 13.1. The lowest BCUT2D eigenvalue weighted by Gasteiger charge is -2.11. The Kier molecular flexibility index (Phi) is 5.91. The SMILES string of the molecule is CC(SCc1ccc(Cl)cc1)C(=O)Nc1ccc(Cl)cn1. The normalized spacial score (nSPS) is 12.0. The van der Waals surface area contributed by atoms with Crippen molar-refractivity contribution >= 4 is 46.7 Å². The number of hydrogen-bond donors (Lipinski definition) is 1. The molecule has 2 rings (SSSR count). The Morgan fingerprint density at radius 1 is 1.19 bits per heavy atom. The van der Waals surface area contributed by atoms with E-state index in [9.17, 15) is 4.79 Å². The van der Waals surface area contributed by atoms with Crippen LogP contribution in [0.15, 0.2) is 42.6 Å². The second-order valence-electron chi connectivity index (χ2n) is 4.43. The van der Waals surface area contributed by atoms with E-state index in [1.165, 1.54) is 6.20 Å². The molecule has 1 unspecified atom stereocenters. The molecule has 1 aromatic heterocycles. The predicted octanol–water partition coefficient (Wildman–Crippen LogP) is 4.65. The van der Waals surface area contributed by atoms with E-state index in [-0.39, 0.29) is 11.2 Å². The highest BCUT2D eigenvalue weighted by Crippen LogP contribution is 2.20. The van der Waals surface area contributed by atoms with Crippen LogP contribution >= 0.6 is 35.0 Å². The molecule has 0 radical (unpaired) electrons. The van der Waals surface area contributed by atoms with Gasteiger partial charge in [0.25, 0.3) is 0 Å². The van der Waals surface area contributed by atoms with E-state index in [1.807, 2.05) is 31.2 Å². The number of anilines is 1. The average molecular weight is 341 g/mol. The van der Waals surface area contributed by atoms with Crippen molar-refractivity contribution in [2.45, 2.75) is 17.9 Å². The fourth-order valence-electron chi connectivity index (χ4n) is 1.56. The molecule has 0 bridgehead atoms. The molecule has 0 saturated heterocycles. The Hall–Kier alpha value is -1.23. The molecular weight excluding hydrogens is 327 g/mol. The van der Waals surface area contributed by atoms with Gasteiger partial charge in [0.15, 0.2) is 0 Å². The van der Waals surface area contributed by atoms with Crippen LogP contribution in [0.5, 0.6) is 0 Å². The van der Waals surface area contributed by atoms with Crippen LogP contribution in [0.2, 0.25) is 10.0 Å². The smallest absolute Gasteiger partial charge is 0.238 e. The monoisotopic (exact) mass is 340 g/mol. The number of pyridine rings is 1. The molecule has 0 aliphatic rings. The predicted molar refractivity (Wildman–Crippen MR) is 90.1 cm³/mol. The molecule has 110 valence electrons. The van der Waals surface area contributed by atoms with Crippen LogP contribution in [-0.4, -0.2) is 16.1 Å². The van der Waals surface area contributed by atoms with Crippen molar-refractivity contribution in [1.29, 1.82) is 0 Å². The van der Waals surface area contributed by atoms with Crippen LogP contribution in [0, 0.1) is 0 Å². The maximum absolute atomic E-state index is 12.0. The number of nitrogens with one attached hydrogen (secondary N) is 1. The van der Waals surface area contributed by atoms with Gasteiger partial charge in [0.05, 0.1) is 10.3 Å². The molecule has 21 heavy (non-hydrogen) atoms. The summed E-state index contributed by atoms with van der Waals surface area (Å²) in [5.41, 5.74) is 1.13. The van der Waals surface area contributed by atoms with Crippen molar-refractivity contribution < 1.29 is 4.79 Å². The number of nitrogens with zero attached hydrogens (tertiary/aromatic N) is 1. The Labute approximate surface area is 138 Å². The summed E-state index contributed by atoms with van der Waals surface area (Å²) in [7, 11) is 0. The maximum atomic E-state index is 12.0. The van der Waals surface area contributed by atoms with Gasteiger partial charge in [0.2, 0.25) is 5.91 Å². The van der Waals surface area contributed by atoms with Crippen LogP contribution in [0.1, 0.15) is 12.5 Å². The molecule has 1 N–H and O–H groups in total. The van der Waals surface area contributed by atoms with Crippen LogP contribution in [0.25, 0.3) is 0 Å². The molecule has 6 heteroatoms. The van der Waals surface area contributed by atoms with Crippen molar-refractivity contribution in [1.82, 2.24) is 4.98 Å². The standard InChI is InChI=1S/C15H14Cl2N2OS/c1-10(21-9-11-2-4-12(16)5-3-11)15(20)19-14-7-6-13(17)8-18-14/h2-8,10H,9H2,1H3,(H,18,19,20). The Balaban J connectivity index is 1.84. The van der Waals surface area contributed by atoms with Crippen LogP contribution in [-0.2, 0) is 10.5 Å². The molecule has 1 amide bonds. The number of carbonyl (C=O) groups is 1. The van der Waals surface area contributed by atoms with E-state index in [1.54, 1.807) is 23.9 Å². The van der Waals surface area contributed by atoms with Crippen molar-refractivity contribution in [3.8, 4) is 0 Å². The van der Waals surface area contributed by atoms with E-state index >= 15 is 0 Å². The zero-order valence-corrected chi connectivity index (χ0v) is 13.7. The summed E-state index contributed by atoms with van der Waals surface area (Å²) in [6.07, 6.45) is 1.50. The van der Waals surface area contributed by atoms with Gasteiger partial charge in [-0.15, -0.1) is 11.8 Å². The van der Waals surface area contributed by atoms with Crippen molar-refractivity contribution in [3.05, 3.63) is 58.2 Å². The molecule has 1 heterocycles. The number of aromatic nitrogens is 1. The van der Waals surface area contributed by atoms with Crippen LogP contribution in [0.3, 0.4) is 0 Å². The van der Waals surface area contributed by atoms with Crippen LogP contribution in [0.4, 0.5) is 5.82 Å². The summed E-state index contributed by atoms with van der Waals surface area (Å²) in [5, 5.41) is 3.83. The van der Waals surface area contributed by atoms with E-state index < -0.39 is 0 Å². The second-order valence-corrected chi connectivity index (χ2v) is 6.63. The number of hydrogen-bond acceptors (Lipinski definition) is 3. The van der Waals surface area contributed by atoms with Gasteiger partial charge in [-0.1, -0.05) is 35.3 Å². The van der Waals surface area contributed by atoms with E-state index in [4.69, 9.17) is 23.2 Å². The number of carbonyl (C=O) groups excluding carboxylic acids is 1. The van der Waals surface area contributed by atoms with Gasteiger partial charge >= 0.3 is 0 Å². The summed E-state index contributed by atoms with van der Waals surface area (Å²) in [4.78, 5) is 16.1. The highest BCUT2D eigenvalue weighted by molar-refractivity contribution is 7.99. The highest BCUT2D eigenvalue weighted by atomic mass is 35.5. The average Bonchev–Trinajstić information content (AvgIpc) is 2.48. The third kappa shape index (κ3) is 5.23. The first-order valence-corrected chi connectivity index (χ1v) is 8.13. The molecule has 0 aliphatic carbocycles. The molecule has 0 aliphatic heterocycles. The largest absolute Gasteiger partial charge is 0.310 e. The Morgan fingerprint density at radius 2 is 1.86 bits per heavy atom. The van der Waals surface area contributed by atoms with Gasteiger partial charge in [0.1, 0.15) is 5.82 Å². The molecule has 0 fully saturated rings. The lowest BCUT2D eigenvalue weighted by atomic mass is 10.2. The van der Waals surface area contributed by atoms with Gasteiger partial charge in [0, 0.05) is 17.0 Å². The quantitative estimate of drug-likeness (QED) is 0.861. The summed E-state index contributed by atoms with van der Waals surface area (Å²) < 4.78 is 0. The second kappa shape index (κ2) is 7.69. The topological polar surface area (TPSA) is 42.0 Å². The van der Waals surface area contributed by atoms with Crippen molar-refractivity contribution in [3.63, 3.8) is 0 Å². The molecule has 0 saturated carbocycles. The van der Waals surface area contributed by atoms with Gasteiger partial charge < -0.3 is 5.32 Å². The molecule has 2 aromatic rings. The van der Waals surface area contributed by atoms with Gasteiger partial charge in [-0.3, -0.25) is 4.79 Å². The molecule has 3 nitrogen and oxygen atoms in total. The third-order valence-electron chi connectivity index (χ3n) is 2.76. The number of halogens is 2. The Bertz CT molecular complexity index is 602. The molecule has 0 spiro atoms. The first-order valence-electron chi connectivity index (χ1n) is 6.33. The van der Waals surface area contributed by atoms with Crippen molar-refractivity contribution in [2.24, 2.45) is 0 Å². The summed E-state index contributed by atoms with van der Waals surface area (Å²) in [6.45, 7) is 1.87. The minimum absolute atomic E-state index is 0.0798. The zero-order valence-electron chi connectivity index (χ0n) is 11.3. The van der Waals surface area contributed by atoms with Crippen molar-refractivity contribution in [2.75, 3.05) is 5.32 Å². The lowest BCUT2D eigenvalue weighted by Crippen LogP contribution is -2.23. The minimum Gasteiger partial charge on any atom is -0.310 e. The number of thioether (sulfide) groups is 1.